The maximum atomic E-state index is 14.8. The van der Waals surface area contributed by atoms with E-state index in [4.69, 9.17) is 21.2 Å². The zero-order valence-corrected chi connectivity index (χ0v) is 52.9. The average Bonchev–Trinajstić information content (AvgIpc) is 1.52. The van der Waals surface area contributed by atoms with Gasteiger partial charge in [-0.1, -0.05) is 83.8 Å². The van der Waals surface area contributed by atoms with Crippen molar-refractivity contribution in [2.45, 2.75) is 171 Å². The summed E-state index contributed by atoms with van der Waals surface area (Å²) < 4.78 is 5.52. The summed E-state index contributed by atoms with van der Waals surface area (Å²) in [5.74, 6) is 6.47. The number of hydrogen-bond donors (Lipinski definition) is 11. The van der Waals surface area contributed by atoms with E-state index >= 15 is 0 Å². The van der Waals surface area contributed by atoms with Crippen LogP contribution < -0.4 is 42.8 Å². The number of guanidine groups is 1. The van der Waals surface area contributed by atoms with Crippen molar-refractivity contribution in [3.8, 4) is 23.5 Å². The molecular formula is C76H96N8O7. The van der Waals surface area contributed by atoms with Crippen molar-refractivity contribution in [2.24, 2.45) is 80.6 Å². The second kappa shape index (κ2) is 26.6. The third-order valence-corrected chi connectivity index (χ3v) is 24.5. The summed E-state index contributed by atoms with van der Waals surface area (Å²) in [6, 6.07) is 26.1. The molecule has 7 aliphatic heterocycles. The maximum Gasteiger partial charge on any atom is 0.202 e. The first kappa shape index (κ1) is 62.1. The van der Waals surface area contributed by atoms with Gasteiger partial charge < -0.3 is 63.2 Å². The van der Waals surface area contributed by atoms with Crippen LogP contribution in [0.2, 0.25) is 0 Å². The van der Waals surface area contributed by atoms with E-state index in [0.717, 1.165) is 126 Å². The lowest BCUT2D eigenvalue weighted by atomic mass is 9.50. The van der Waals surface area contributed by atoms with Crippen molar-refractivity contribution >= 4 is 23.1 Å². The number of phenols is 1. The lowest BCUT2D eigenvalue weighted by Gasteiger charge is -2.56. The number of hydrogen-bond acceptors (Lipinski definition) is 15. The van der Waals surface area contributed by atoms with Gasteiger partial charge in [-0.15, -0.1) is 0 Å². The standard InChI is InChI=1S/C76H96N8O7/c77-70-37-62-49(27-47-11-4-10-46(26-47)17-16-45-8-2-1-3-9-45)12-6-24-81-74(78)83-56-31-50-20-22-76-68-19-18-48(28-57(87)35-58(88)32-55(43-85)61-36-67(91-44-86)66(90)33-52(61)30-54(62)42-82-70)38-75(68,39-64-59-21-25-79-41-53(59)29-51-13-7-23-80-72(51)64)40-69(76)84-73-60(14-5-15-65(73)89)63(34-56)71(50)76/h1-4,7-11,13,26,32-33,36-37,42,48-51,53,56,59,64-65,68-73,79-80,82,84-86,89-90H,5,12,14-23,25,27-31,34-35,38-41,43-44,77H2,(H3,78,81,83). The van der Waals surface area contributed by atoms with Crippen molar-refractivity contribution in [3.05, 3.63) is 147 Å². The fraction of sp³-hybridized carbons (Fsp3) is 0.566. The SMILES string of the molecule is NC1=NC#CCC(Cc2cccc(CCc3ccccc3)c2)C2=CC(N)NC=C2Cc2cc(O)c(OCO)cc2C(CO)=CC(=O)CC(=O)CC2CCC3C(CC4C5CCNCC5CC5C=CCNC54)(C2)CC2NC4C(=C5CC(CC6CCC23C56)N1)CCCC4O. The topological polar surface area (TPSA) is 249 Å². The van der Waals surface area contributed by atoms with Crippen molar-refractivity contribution in [1.29, 1.82) is 0 Å². The largest absolute Gasteiger partial charge is 0.504 e. The van der Waals surface area contributed by atoms with Crippen molar-refractivity contribution in [1.82, 2.24) is 26.6 Å². The highest BCUT2D eigenvalue weighted by Gasteiger charge is 2.71. The molecule has 0 aromatic heterocycles. The molecule has 7 heterocycles. The van der Waals surface area contributed by atoms with Gasteiger partial charge in [0.2, 0.25) is 5.96 Å². The van der Waals surface area contributed by atoms with Crippen LogP contribution in [0.3, 0.4) is 0 Å². The Morgan fingerprint density at radius 2 is 1.75 bits per heavy atom. The van der Waals surface area contributed by atoms with E-state index in [0.29, 0.717) is 83.8 Å². The molecule has 6 saturated carbocycles. The van der Waals surface area contributed by atoms with Crippen LogP contribution in [-0.2, 0) is 35.3 Å². The smallest absolute Gasteiger partial charge is 0.202 e. The van der Waals surface area contributed by atoms with Gasteiger partial charge in [0.25, 0.3) is 0 Å². The average molecular weight is 1230 g/mol. The predicted octanol–water partition coefficient (Wildman–Crippen LogP) is 8.11. The quantitative estimate of drug-likeness (QED) is 0.0398. The summed E-state index contributed by atoms with van der Waals surface area (Å²) in [5, 5.41) is 64.4. The highest BCUT2D eigenvalue weighted by molar-refractivity contribution is 6.08. The Morgan fingerprint density at radius 1 is 0.890 bits per heavy atom. The molecule has 15 heteroatoms. The molecule has 7 fully saturated rings. The van der Waals surface area contributed by atoms with Crippen LogP contribution in [0.1, 0.15) is 137 Å². The molecule has 3 aromatic carbocycles. The van der Waals surface area contributed by atoms with Crippen LogP contribution in [0, 0.1) is 76.1 Å². The Hall–Kier alpha value is -6.35. The lowest BCUT2D eigenvalue weighted by molar-refractivity contribution is -0.126. The summed E-state index contributed by atoms with van der Waals surface area (Å²) in [6.45, 7) is 1.77. The van der Waals surface area contributed by atoms with E-state index in [-0.39, 0.29) is 76.5 Å². The first-order chi connectivity index (χ1) is 44.3. The number of aliphatic hydroxyl groups excluding tert-OH is 3. The van der Waals surface area contributed by atoms with Gasteiger partial charge in [-0.2, -0.15) is 4.99 Å². The monoisotopic (exact) mass is 1230 g/mol. The molecule has 16 rings (SSSR count). The number of rotatable bonds is 10. The van der Waals surface area contributed by atoms with Crippen molar-refractivity contribution < 1.29 is 34.8 Å². The molecule has 17 unspecified atom stereocenters. The maximum absolute atomic E-state index is 14.8. The minimum absolute atomic E-state index is 0.000247. The second-order valence-corrected chi connectivity index (χ2v) is 29.5. The van der Waals surface area contributed by atoms with Gasteiger partial charge in [0, 0.05) is 49.8 Å². The minimum Gasteiger partial charge on any atom is -0.504 e. The van der Waals surface area contributed by atoms with Crippen molar-refractivity contribution in [3.63, 3.8) is 0 Å². The van der Waals surface area contributed by atoms with E-state index < -0.39 is 31.5 Å². The summed E-state index contributed by atoms with van der Waals surface area (Å²) in [5.41, 5.74) is 23.5. The number of aryl methyl sites for hydroxylation is 2. The summed E-state index contributed by atoms with van der Waals surface area (Å²) in [4.78, 5) is 34.1. The molecule has 6 aliphatic carbocycles. The Labute approximate surface area is 537 Å². The first-order valence-electron chi connectivity index (χ1n) is 34.7. The lowest BCUT2D eigenvalue weighted by Crippen LogP contribution is -2.57. The van der Waals surface area contributed by atoms with Crippen LogP contribution in [-0.4, -0.2) is 107 Å². The summed E-state index contributed by atoms with van der Waals surface area (Å²) in [6.07, 6.45) is 26.7. The molecule has 13 aliphatic rings. The molecular weight excluding hydrogens is 1140 g/mol. The van der Waals surface area contributed by atoms with Crippen molar-refractivity contribution in [2.75, 3.05) is 33.0 Å². The number of benzene rings is 3. The number of dihydropyridines is 1. The van der Waals surface area contributed by atoms with E-state index in [1.165, 1.54) is 35.6 Å². The molecule has 13 N–H and O–H groups in total. The Balaban J connectivity index is 0.844. The van der Waals surface area contributed by atoms with Gasteiger partial charge >= 0.3 is 0 Å². The molecule has 3 aromatic rings. The van der Waals surface area contributed by atoms with E-state index in [9.17, 15) is 30.0 Å². The summed E-state index contributed by atoms with van der Waals surface area (Å²) in [7, 11) is 0. The van der Waals surface area contributed by atoms with E-state index in [2.05, 4.69) is 99.2 Å². The number of nitrogens with zero attached hydrogens (tertiary/aromatic N) is 1. The number of piperidine rings is 1. The predicted molar refractivity (Wildman–Crippen MR) is 355 cm³/mol. The number of Topliss-reactive ketones (excluding diaryl/α,β-unsaturated/α-hetero) is 1. The molecule has 1 saturated heterocycles. The van der Waals surface area contributed by atoms with Gasteiger partial charge in [-0.05, 0) is 262 Å². The van der Waals surface area contributed by atoms with Crippen LogP contribution in [0.15, 0.2) is 125 Å². The van der Waals surface area contributed by atoms with E-state index in [1.807, 2.05) is 18.3 Å². The number of allylic oxidation sites excluding steroid dienone is 3. The fourth-order valence-corrected chi connectivity index (χ4v) is 21.2. The number of ether oxygens (including phenoxy) is 1. The van der Waals surface area contributed by atoms with Gasteiger partial charge in [0.05, 0.1) is 31.3 Å². The van der Waals surface area contributed by atoms with Crippen LogP contribution in [0.5, 0.6) is 11.5 Å². The second-order valence-electron chi connectivity index (χ2n) is 29.5. The highest BCUT2D eigenvalue weighted by atomic mass is 16.6. The number of aliphatic hydroxyl groups is 3. The molecule has 482 valence electrons. The zero-order valence-electron chi connectivity index (χ0n) is 52.9. The molecule has 91 heavy (non-hydrogen) atoms. The molecule has 1 spiro atoms. The number of phenolic OH excluding ortho intramolecular Hbond substituents is 1. The van der Waals surface area contributed by atoms with Gasteiger partial charge in [0.1, 0.15) is 5.78 Å². The van der Waals surface area contributed by atoms with Gasteiger partial charge in [-0.25, -0.2) is 0 Å². The normalized spacial score (nSPS) is 36.3. The number of fused-ring (bicyclic) bond motifs is 3. The third-order valence-electron chi connectivity index (χ3n) is 24.5. The number of carbonyl (C=O) groups is 2. The molecule has 0 amide bonds. The van der Waals surface area contributed by atoms with Crippen LogP contribution >= 0.6 is 0 Å². The number of ketones is 2. The van der Waals surface area contributed by atoms with Gasteiger partial charge in [0.15, 0.2) is 24.1 Å². The van der Waals surface area contributed by atoms with Crippen LogP contribution in [0.25, 0.3) is 5.57 Å². The molecule has 0 radical (unpaired) electrons. The molecule has 17 atom stereocenters. The number of aromatic hydroxyl groups is 1. The summed E-state index contributed by atoms with van der Waals surface area (Å²) >= 11 is 0. The molecule has 8 bridgehead atoms. The Bertz CT molecular complexity index is 3490. The third kappa shape index (κ3) is 12.4. The number of nitrogens with one attached hydrogen (secondary N) is 5. The Kier molecular flexibility index (Phi) is 18.1. The van der Waals surface area contributed by atoms with Gasteiger partial charge in [-0.3, -0.25) is 9.59 Å². The minimum atomic E-state index is -0.708. The fourth-order valence-electron chi connectivity index (χ4n) is 21.2. The van der Waals surface area contributed by atoms with E-state index in [1.54, 1.807) is 17.7 Å². The number of carbonyl (C=O) groups excluding carboxylic acids is 2. The number of nitrogens with two attached hydrogens (primary N) is 2. The highest BCUT2D eigenvalue weighted by Crippen LogP contribution is 2.75. The van der Waals surface area contributed by atoms with Crippen LogP contribution in [0.4, 0.5) is 0 Å². The molecule has 15 nitrogen and oxygen atoms in total. The zero-order chi connectivity index (χ0) is 62.4. The Morgan fingerprint density at radius 3 is 2.62 bits per heavy atom. The number of aliphatic imine (C=N–C) groups is 1. The first-order valence-corrected chi connectivity index (χ1v) is 34.7.